The maximum Gasteiger partial charge on any atom is 0.0926 e. The summed E-state index contributed by atoms with van der Waals surface area (Å²) in [4.78, 5) is 0. The van der Waals surface area contributed by atoms with Gasteiger partial charge in [-0.15, -0.1) is 0 Å². The van der Waals surface area contributed by atoms with E-state index in [9.17, 15) is 0 Å². The van der Waals surface area contributed by atoms with Crippen molar-refractivity contribution in [2.75, 3.05) is 0 Å². The first kappa shape index (κ1) is 9.54. The fourth-order valence-electron chi connectivity index (χ4n) is 1.92. The van der Waals surface area contributed by atoms with Crippen molar-refractivity contribution in [1.29, 1.82) is 5.26 Å². The van der Waals surface area contributed by atoms with Crippen molar-refractivity contribution in [3.8, 4) is 6.07 Å². The molecule has 0 aliphatic heterocycles. The number of nitrogens with zero attached hydrogens (tertiary/aromatic N) is 1. The van der Waals surface area contributed by atoms with E-state index in [1.54, 1.807) is 0 Å². The van der Waals surface area contributed by atoms with Crippen molar-refractivity contribution in [3.05, 3.63) is 0 Å². The highest BCUT2D eigenvalue weighted by Crippen LogP contribution is 2.23. The molecule has 1 saturated carbocycles. The van der Waals surface area contributed by atoms with E-state index in [0.29, 0.717) is 6.04 Å². The average Bonchev–Trinajstić information content (AvgIpc) is 2.09. The van der Waals surface area contributed by atoms with Gasteiger partial charge in [0.05, 0.1) is 12.1 Å². The molecule has 0 aromatic rings. The fourth-order valence-corrected chi connectivity index (χ4v) is 1.92. The molecule has 3 unspecified atom stereocenters. The predicted octanol–water partition coefficient (Wildman–Crippen LogP) is 2.07. The average molecular weight is 166 g/mol. The summed E-state index contributed by atoms with van der Waals surface area (Å²) in [6.07, 6.45) is 5.24. The van der Waals surface area contributed by atoms with Crippen LogP contribution in [0.3, 0.4) is 0 Å². The van der Waals surface area contributed by atoms with Crippen LogP contribution in [0.5, 0.6) is 0 Å². The van der Waals surface area contributed by atoms with Crippen LogP contribution < -0.4 is 5.32 Å². The molecule has 0 aromatic heterocycles. The van der Waals surface area contributed by atoms with Crippen LogP contribution in [0, 0.1) is 17.2 Å². The van der Waals surface area contributed by atoms with Crippen LogP contribution in [0.25, 0.3) is 0 Å². The van der Waals surface area contributed by atoms with E-state index in [1.807, 2.05) is 6.92 Å². The number of nitriles is 1. The fraction of sp³-hybridized carbons (Fsp3) is 0.900. The molecular weight excluding hydrogens is 148 g/mol. The molecule has 0 bridgehead atoms. The van der Waals surface area contributed by atoms with Gasteiger partial charge in [-0.1, -0.05) is 19.8 Å². The number of hydrogen-bond donors (Lipinski definition) is 1. The van der Waals surface area contributed by atoms with Gasteiger partial charge in [0.2, 0.25) is 0 Å². The van der Waals surface area contributed by atoms with Gasteiger partial charge in [-0.3, -0.25) is 5.32 Å². The van der Waals surface area contributed by atoms with E-state index < -0.39 is 0 Å². The van der Waals surface area contributed by atoms with Crippen molar-refractivity contribution in [1.82, 2.24) is 5.32 Å². The van der Waals surface area contributed by atoms with Crippen LogP contribution in [0.4, 0.5) is 0 Å². The van der Waals surface area contributed by atoms with Crippen molar-refractivity contribution >= 4 is 0 Å². The summed E-state index contributed by atoms with van der Waals surface area (Å²) in [5.41, 5.74) is 0. The highest BCUT2D eigenvalue weighted by atomic mass is 14.9. The van der Waals surface area contributed by atoms with E-state index in [4.69, 9.17) is 5.26 Å². The molecule has 0 radical (unpaired) electrons. The quantitative estimate of drug-likeness (QED) is 0.681. The summed E-state index contributed by atoms with van der Waals surface area (Å²) >= 11 is 0. The third-order valence-corrected chi connectivity index (χ3v) is 2.77. The summed E-state index contributed by atoms with van der Waals surface area (Å²) in [6, 6.07) is 2.81. The normalized spacial score (nSPS) is 32.4. The molecule has 0 aromatic carbocycles. The lowest BCUT2D eigenvalue weighted by atomic mass is 9.85. The molecule has 12 heavy (non-hydrogen) atoms. The van der Waals surface area contributed by atoms with Crippen LogP contribution in [0.2, 0.25) is 0 Å². The molecule has 2 nitrogen and oxygen atoms in total. The highest BCUT2D eigenvalue weighted by Gasteiger charge is 2.21. The Morgan fingerprint density at radius 3 is 2.67 bits per heavy atom. The van der Waals surface area contributed by atoms with Crippen molar-refractivity contribution in [3.63, 3.8) is 0 Å². The second-order valence-electron chi connectivity index (χ2n) is 3.89. The van der Waals surface area contributed by atoms with Crippen LogP contribution in [-0.4, -0.2) is 12.1 Å². The second kappa shape index (κ2) is 4.47. The van der Waals surface area contributed by atoms with E-state index in [-0.39, 0.29) is 6.04 Å². The topological polar surface area (TPSA) is 35.8 Å². The molecule has 0 amide bonds. The Morgan fingerprint density at radius 2 is 2.08 bits per heavy atom. The van der Waals surface area contributed by atoms with Crippen LogP contribution in [0.15, 0.2) is 0 Å². The lowest BCUT2D eigenvalue weighted by Crippen LogP contribution is -2.41. The number of nitrogens with one attached hydrogen (secondary N) is 1. The minimum atomic E-state index is 0.00977. The van der Waals surface area contributed by atoms with Gasteiger partial charge in [-0.25, -0.2) is 0 Å². The SMILES string of the molecule is CC(C#N)NC1CCCCC1C. The van der Waals surface area contributed by atoms with Crippen LogP contribution in [-0.2, 0) is 0 Å². The summed E-state index contributed by atoms with van der Waals surface area (Å²) in [6.45, 7) is 4.21. The zero-order valence-electron chi connectivity index (χ0n) is 8.01. The van der Waals surface area contributed by atoms with Gasteiger partial charge in [0.15, 0.2) is 0 Å². The predicted molar refractivity (Wildman–Crippen MR) is 49.6 cm³/mol. The Bertz CT molecular complexity index is 171. The van der Waals surface area contributed by atoms with Gasteiger partial charge in [0, 0.05) is 6.04 Å². The molecule has 1 aliphatic carbocycles. The molecular formula is C10H18N2. The number of rotatable bonds is 2. The summed E-state index contributed by atoms with van der Waals surface area (Å²) < 4.78 is 0. The van der Waals surface area contributed by atoms with E-state index >= 15 is 0 Å². The molecule has 0 saturated heterocycles. The van der Waals surface area contributed by atoms with Gasteiger partial charge in [0.1, 0.15) is 0 Å². The molecule has 1 fully saturated rings. The Morgan fingerprint density at radius 1 is 1.42 bits per heavy atom. The second-order valence-corrected chi connectivity index (χ2v) is 3.89. The lowest BCUT2D eigenvalue weighted by molar-refractivity contribution is 0.274. The minimum absolute atomic E-state index is 0.00977. The Hall–Kier alpha value is -0.550. The highest BCUT2D eigenvalue weighted by molar-refractivity contribution is 4.90. The standard InChI is InChI=1S/C10H18N2/c1-8-5-3-4-6-10(8)12-9(2)7-11/h8-10,12H,3-6H2,1-2H3. The molecule has 0 heterocycles. The van der Waals surface area contributed by atoms with Gasteiger partial charge in [-0.05, 0) is 25.7 Å². The zero-order chi connectivity index (χ0) is 8.97. The maximum absolute atomic E-state index is 8.64. The maximum atomic E-state index is 8.64. The van der Waals surface area contributed by atoms with Crippen molar-refractivity contribution in [2.45, 2.75) is 51.6 Å². The third kappa shape index (κ3) is 2.49. The largest absolute Gasteiger partial charge is 0.299 e. The monoisotopic (exact) mass is 166 g/mol. The Kier molecular flexibility index (Phi) is 3.55. The molecule has 68 valence electrons. The Labute approximate surface area is 75.0 Å². The third-order valence-electron chi connectivity index (χ3n) is 2.77. The molecule has 1 aliphatic rings. The van der Waals surface area contributed by atoms with Gasteiger partial charge in [-0.2, -0.15) is 5.26 Å². The Balaban J connectivity index is 2.35. The molecule has 3 atom stereocenters. The molecule has 1 rings (SSSR count). The van der Waals surface area contributed by atoms with Gasteiger partial charge >= 0.3 is 0 Å². The van der Waals surface area contributed by atoms with Crippen LogP contribution >= 0.6 is 0 Å². The molecule has 0 spiro atoms. The summed E-state index contributed by atoms with van der Waals surface area (Å²) in [5, 5.41) is 12.0. The lowest BCUT2D eigenvalue weighted by Gasteiger charge is -2.30. The number of hydrogen-bond acceptors (Lipinski definition) is 2. The van der Waals surface area contributed by atoms with E-state index in [2.05, 4.69) is 18.3 Å². The van der Waals surface area contributed by atoms with E-state index in [1.165, 1.54) is 25.7 Å². The van der Waals surface area contributed by atoms with Gasteiger partial charge < -0.3 is 0 Å². The minimum Gasteiger partial charge on any atom is -0.299 e. The smallest absolute Gasteiger partial charge is 0.0926 e. The molecule has 1 N–H and O–H groups in total. The first-order valence-corrected chi connectivity index (χ1v) is 4.89. The summed E-state index contributed by atoms with van der Waals surface area (Å²) in [7, 11) is 0. The molecule has 2 heteroatoms. The first-order valence-electron chi connectivity index (χ1n) is 4.89. The summed E-state index contributed by atoms with van der Waals surface area (Å²) in [5.74, 6) is 0.745. The first-order chi connectivity index (χ1) is 5.74. The van der Waals surface area contributed by atoms with Crippen molar-refractivity contribution in [2.24, 2.45) is 5.92 Å². The zero-order valence-corrected chi connectivity index (χ0v) is 8.01. The van der Waals surface area contributed by atoms with E-state index in [0.717, 1.165) is 5.92 Å². The van der Waals surface area contributed by atoms with Crippen molar-refractivity contribution < 1.29 is 0 Å². The van der Waals surface area contributed by atoms with Gasteiger partial charge in [0.25, 0.3) is 0 Å². The van der Waals surface area contributed by atoms with Crippen LogP contribution in [0.1, 0.15) is 39.5 Å².